The molecule has 0 amide bonds. The minimum Gasteiger partial charge on any atom is -0.468 e. The van der Waals surface area contributed by atoms with Gasteiger partial charge in [-0.2, -0.15) is 5.10 Å². The fraction of sp³-hybridized carbons (Fsp3) is 0.667. The third-order valence-electron chi connectivity index (χ3n) is 5.82. The summed E-state index contributed by atoms with van der Waals surface area (Å²) >= 11 is 0. The summed E-state index contributed by atoms with van der Waals surface area (Å²) in [5.41, 5.74) is 1.15. The molecular formula is C18H25N5O2. The van der Waals surface area contributed by atoms with Gasteiger partial charge in [-0.1, -0.05) is 25.7 Å². The maximum absolute atomic E-state index is 11.6. The van der Waals surface area contributed by atoms with Gasteiger partial charge in [0.05, 0.1) is 18.7 Å². The van der Waals surface area contributed by atoms with E-state index in [9.17, 15) is 4.79 Å². The molecule has 2 aliphatic rings. The molecule has 0 N–H and O–H groups in total. The molecule has 0 radical (unpaired) electrons. The summed E-state index contributed by atoms with van der Waals surface area (Å²) in [7, 11) is 1.38. The molecule has 0 bridgehead atoms. The quantitative estimate of drug-likeness (QED) is 0.798. The minimum atomic E-state index is -0.330. The SMILES string of the molecule is COC(=O)Cn1ncc2c(N3CCC4(CCCCCC4)C3)ncnc21. The van der Waals surface area contributed by atoms with Crippen molar-refractivity contribution < 1.29 is 9.53 Å². The number of hydrogen-bond acceptors (Lipinski definition) is 6. The van der Waals surface area contributed by atoms with Crippen LogP contribution in [0.25, 0.3) is 11.0 Å². The molecule has 0 unspecified atom stereocenters. The number of ether oxygens (including phenoxy) is 1. The van der Waals surface area contributed by atoms with Crippen LogP contribution >= 0.6 is 0 Å². The lowest BCUT2D eigenvalue weighted by Crippen LogP contribution is -2.27. The maximum atomic E-state index is 11.6. The summed E-state index contributed by atoms with van der Waals surface area (Å²) in [4.78, 5) is 22.8. The van der Waals surface area contributed by atoms with Crippen LogP contribution in [0.5, 0.6) is 0 Å². The summed E-state index contributed by atoms with van der Waals surface area (Å²) in [6.07, 6.45) is 12.7. The number of rotatable bonds is 3. The van der Waals surface area contributed by atoms with Crippen LogP contribution in [0.1, 0.15) is 44.9 Å². The van der Waals surface area contributed by atoms with Crippen molar-refractivity contribution in [1.82, 2.24) is 19.7 Å². The van der Waals surface area contributed by atoms with Crippen molar-refractivity contribution in [3.05, 3.63) is 12.5 Å². The van der Waals surface area contributed by atoms with Crippen LogP contribution < -0.4 is 4.90 Å². The van der Waals surface area contributed by atoms with Crippen molar-refractivity contribution in [3.63, 3.8) is 0 Å². The molecule has 3 heterocycles. The Bertz CT molecular complexity index is 764. The molecule has 25 heavy (non-hydrogen) atoms. The van der Waals surface area contributed by atoms with Gasteiger partial charge in [0.25, 0.3) is 0 Å². The van der Waals surface area contributed by atoms with Gasteiger partial charge >= 0.3 is 5.97 Å². The Morgan fingerprint density at radius 2 is 2.00 bits per heavy atom. The first-order chi connectivity index (χ1) is 12.2. The summed E-state index contributed by atoms with van der Waals surface area (Å²) < 4.78 is 6.32. The zero-order valence-corrected chi connectivity index (χ0v) is 14.8. The highest BCUT2D eigenvalue weighted by Crippen LogP contribution is 2.44. The number of esters is 1. The van der Waals surface area contributed by atoms with E-state index in [0.29, 0.717) is 11.1 Å². The van der Waals surface area contributed by atoms with Gasteiger partial charge in [0.2, 0.25) is 0 Å². The number of nitrogens with zero attached hydrogens (tertiary/aromatic N) is 5. The first kappa shape index (κ1) is 16.3. The summed E-state index contributed by atoms with van der Waals surface area (Å²) in [5.74, 6) is 0.617. The highest BCUT2D eigenvalue weighted by atomic mass is 16.5. The first-order valence-corrected chi connectivity index (χ1v) is 9.19. The topological polar surface area (TPSA) is 73.1 Å². The monoisotopic (exact) mass is 343 g/mol. The number of aromatic nitrogens is 4. The molecule has 4 rings (SSSR count). The van der Waals surface area contributed by atoms with E-state index in [1.54, 1.807) is 17.2 Å². The molecule has 7 nitrogen and oxygen atoms in total. The van der Waals surface area contributed by atoms with Crippen molar-refractivity contribution in [2.75, 3.05) is 25.1 Å². The van der Waals surface area contributed by atoms with E-state index in [1.807, 2.05) is 0 Å². The molecule has 1 aliphatic carbocycles. The smallest absolute Gasteiger partial charge is 0.327 e. The van der Waals surface area contributed by atoms with Gasteiger partial charge in [-0.25, -0.2) is 14.6 Å². The second-order valence-electron chi connectivity index (χ2n) is 7.40. The van der Waals surface area contributed by atoms with E-state index in [1.165, 1.54) is 52.1 Å². The van der Waals surface area contributed by atoms with E-state index in [2.05, 4.69) is 20.0 Å². The standard InChI is InChI=1S/C18H25N5O2/c1-25-15(24)11-23-17-14(10-21-23)16(19-13-20-17)22-9-8-18(12-22)6-4-2-3-5-7-18/h10,13H,2-9,11-12H2,1H3. The van der Waals surface area contributed by atoms with Crippen LogP contribution in [0, 0.1) is 5.41 Å². The zero-order valence-electron chi connectivity index (χ0n) is 14.8. The Kier molecular flexibility index (Phi) is 4.31. The molecule has 134 valence electrons. The lowest BCUT2D eigenvalue weighted by Gasteiger charge is -2.28. The van der Waals surface area contributed by atoms with Crippen LogP contribution in [0.2, 0.25) is 0 Å². The van der Waals surface area contributed by atoms with Gasteiger partial charge in [0.15, 0.2) is 5.65 Å². The van der Waals surface area contributed by atoms with Crippen LogP contribution in [-0.2, 0) is 16.1 Å². The average molecular weight is 343 g/mol. The predicted octanol–water partition coefficient (Wildman–Crippen LogP) is 2.55. The third-order valence-corrected chi connectivity index (χ3v) is 5.82. The average Bonchev–Trinajstić information content (AvgIpc) is 3.15. The van der Waals surface area contributed by atoms with Crippen LogP contribution in [-0.4, -0.2) is 45.9 Å². The number of carbonyl (C=O) groups excluding carboxylic acids is 1. The molecule has 1 saturated heterocycles. The second-order valence-corrected chi connectivity index (χ2v) is 7.40. The molecule has 2 aromatic rings. The summed E-state index contributed by atoms with van der Waals surface area (Å²) in [6, 6.07) is 0. The van der Waals surface area contributed by atoms with Crippen LogP contribution in [0.4, 0.5) is 5.82 Å². The Hall–Kier alpha value is -2.18. The van der Waals surface area contributed by atoms with Crippen molar-refractivity contribution >= 4 is 22.8 Å². The molecule has 1 saturated carbocycles. The van der Waals surface area contributed by atoms with Crippen molar-refractivity contribution in [3.8, 4) is 0 Å². The van der Waals surface area contributed by atoms with E-state index in [0.717, 1.165) is 24.3 Å². The van der Waals surface area contributed by atoms with Gasteiger partial charge in [-0.15, -0.1) is 0 Å². The Labute approximate surface area is 147 Å². The molecule has 1 spiro atoms. The zero-order chi connectivity index (χ0) is 17.3. The predicted molar refractivity (Wildman–Crippen MR) is 94.3 cm³/mol. The maximum Gasteiger partial charge on any atom is 0.327 e. The minimum absolute atomic E-state index is 0.0698. The van der Waals surface area contributed by atoms with E-state index < -0.39 is 0 Å². The number of hydrogen-bond donors (Lipinski definition) is 0. The van der Waals surface area contributed by atoms with E-state index in [4.69, 9.17) is 4.74 Å². The van der Waals surface area contributed by atoms with Gasteiger partial charge < -0.3 is 9.64 Å². The Morgan fingerprint density at radius 3 is 2.76 bits per heavy atom. The summed E-state index contributed by atoms with van der Waals surface area (Å²) in [6.45, 7) is 2.18. The number of fused-ring (bicyclic) bond motifs is 1. The first-order valence-electron chi connectivity index (χ1n) is 9.19. The molecule has 0 atom stereocenters. The Balaban J connectivity index is 1.60. The largest absolute Gasteiger partial charge is 0.468 e. The molecule has 1 aliphatic heterocycles. The fourth-order valence-electron chi connectivity index (χ4n) is 4.44. The van der Waals surface area contributed by atoms with Gasteiger partial charge in [0.1, 0.15) is 18.7 Å². The molecular weight excluding hydrogens is 318 g/mol. The van der Waals surface area contributed by atoms with Crippen molar-refractivity contribution in [1.29, 1.82) is 0 Å². The molecule has 7 heteroatoms. The lowest BCUT2D eigenvalue weighted by atomic mass is 9.80. The normalized spacial score (nSPS) is 20.1. The van der Waals surface area contributed by atoms with Crippen LogP contribution in [0.15, 0.2) is 12.5 Å². The number of carbonyl (C=O) groups is 1. The number of anilines is 1. The summed E-state index contributed by atoms with van der Waals surface area (Å²) in [5, 5.41) is 5.23. The Morgan fingerprint density at radius 1 is 1.20 bits per heavy atom. The molecule has 2 fully saturated rings. The van der Waals surface area contributed by atoms with Gasteiger partial charge in [0, 0.05) is 13.1 Å². The van der Waals surface area contributed by atoms with Gasteiger partial charge in [-0.05, 0) is 24.7 Å². The second kappa shape index (κ2) is 6.61. The highest BCUT2D eigenvalue weighted by molar-refractivity contribution is 5.87. The van der Waals surface area contributed by atoms with E-state index in [-0.39, 0.29) is 12.5 Å². The van der Waals surface area contributed by atoms with E-state index >= 15 is 0 Å². The lowest BCUT2D eigenvalue weighted by molar-refractivity contribution is -0.141. The highest BCUT2D eigenvalue weighted by Gasteiger charge is 2.39. The van der Waals surface area contributed by atoms with Gasteiger partial charge in [-0.3, -0.25) is 4.79 Å². The fourth-order valence-corrected chi connectivity index (χ4v) is 4.44. The molecule has 2 aromatic heterocycles. The van der Waals surface area contributed by atoms with Crippen molar-refractivity contribution in [2.45, 2.75) is 51.5 Å². The molecule has 0 aromatic carbocycles. The third kappa shape index (κ3) is 3.07. The van der Waals surface area contributed by atoms with Crippen molar-refractivity contribution in [2.24, 2.45) is 5.41 Å². The van der Waals surface area contributed by atoms with Crippen LogP contribution in [0.3, 0.4) is 0 Å². The number of methoxy groups -OCH3 is 1.